The van der Waals surface area contributed by atoms with Crippen LogP contribution >= 0.6 is 0 Å². The van der Waals surface area contributed by atoms with Crippen LogP contribution in [-0.2, 0) is 0 Å². The van der Waals surface area contributed by atoms with Crippen molar-refractivity contribution in [2.24, 2.45) is 0 Å². The molecule has 0 spiro atoms. The van der Waals surface area contributed by atoms with Gasteiger partial charge in [0.15, 0.2) is 33.4 Å². The fraction of sp³-hybridized carbons (Fsp3) is 0. The van der Waals surface area contributed by atoms with Gasteiger partial charge in [0.1, 0.15) is 11.4 Å². The fourth-order valence-corrected chi connectivity index (χ4v) is 11.7. The maximum atomic E-state index is 14.9. The second-order valence-electron chi connectivity index (χ2n) is 19.3. The monoisotopic (exact) mass is 1010 g/mol. The summed E-state index contributed by atoms with van der Waals surface area (Å²) in [6, 6.07) is 70.1. The first-order valence-electron chi connectivity index (χ1n) is 25.5. The van der Waals surface area contributed by atoms with E-state index in [0.717, 1.165) is 0 Å². The molecule has 11 heteroatoms. The van der Waals surface area contributed by atoms with Gasteiger partial charge in [-0.25, -0.2) is 4.98 Å². The number of hydrogen-bond donors (Lipinski definition) is 0. The molecule has 0 aliphatic rings. The first-order chi connectivity index (χ1) is 38.4. The van der Waals surface area contributed by atoms with Gasteiger partial charge in [-0.05, 0) is 115 Å². The van der Waals surface area contributed by atoms with Crippen molar-refractivity contribution in [3.05, 3.63) is 278 Å². The minimum atomic E-state index is -0.145. The molecule has 0 radical (unpaired) electrons. The van der Waals surface area contributed by atoms with Crippen molar-refractivity contribution in [1.82, 2.24) is 33.2 Å². The highest BCUT2D eigenvalue weighted by Gasteiger charge is 2.32. The Morgan fingerprint density at radius 3 is 0.833 bits per heavy atom. The molecule has 11 nitrogen and oxygen atoms in total. The minimum absolute atomic E-state index is 0.144. The molecule has 0 N–H and O–H groups in total. The highest BCUT2D eigenvalue weighted by molar-refractivity contribution is 6.05. The van der Waals surface area contributed by atoms with Gasteiger partial charge in [-0.2, -0.15) is 0 Å². The molecule has 0 unspecified atom stereocenters. The second kappa shape index (κ2) is 17.3. The Hall–Kier alpha value is -10.9. The SMILES string of the molecule is O=c1c2ccccc2n(-c2nc(-n3c4ccccc4c(=O)c4ccccc43)c(-n3c4ccccc4c(=O)c4ccccc43)c(-c3ccc(-c4ccccn4)nc3)c2-n2c3ccccc3c(=O)c3ccccc32)c2ccccc12. The van der Waals surface area contributed by atoms with Gasteiger partial charge in [-0.15, -0.1) is 0 Å². The molecular weight excluding hydrogens is 967 g/mol. The molecule has 0 fully saturated rings. The van der Waals surface area contributed by atoms with Gasteiger partial charge in [0.05, 0.1) is 55.5 Å². The molecule has 8 aromatic carbocycles. The Morgan fingerprint density at radius 1 is 0.269 bits per heavy atom. The number of aromatic nitrogens is 7. The number of benzene rings is 8. The maximum Gasteiger partial charge on any atom is 0.197 e. The van der Waals surface area contributed by atoms with E-state index >= 15 is 0 Å². The first kappa shape index (κ1) is 44.6. The van der Waals surface area contributed by atoms with E-state index in [1.54, 1.807) is 6.20 Å². The molecule has 15 aromatic rings. The summed E-state index contributed by atoms with van der Waals surface area (Å²) in [5.41, 5.74) is 7.65. The van der Waals surface area contributed by atoms with Gasteiger partial charge in [-0.3, -0.25) is 38.3 Å². The number of hydrogen-bond acceptors (Lipinski definition) is 7. The Bertz CT molecular complexity index is 4790. The van der Waals surface area contributed by atoms with Crippen LogP contribution < -0.4 is 21.7 Å². The molecule has 7 aromatic heterocycles. The van der Waals surface area contributed by atoms with Crippen LogP contribution in [0, 0.1) is 0 Å². The predicted octanol–water partition coefficient (Wildman–Crippen LogP) is 13.0. The average molecular weight is 1010 g/mol. The molecule has 0 bridgehead atoms. The Balaban J connectivity index is 1.31. The molecule has 0 aliphatic carbocycles. The quantitative estimate of drug-likeness (QED) is 0.152. The van der Waals surface area contributed by atoms with Crippen molar-refractivity contribution in [3.8, 4) is 45.5 Å². The molecule has 0 saturated heterocycles. The topological polar surface area (TPSA) is 127 Å². The summed E-state index contributed by atoms with van der Waals surface area (Å²) in [6.45, 7) is 0. The van der Waals surface area contributed by atoms with E-state index in [4.69, 9.17) is 9.97 Å². The van der Waals surface area contributed by atoms with Gasteiger partial charge < -0.3 is 9.13 Å². The van der Waals surface area contributed by atoms with Crippen LogP contribution in [0.5, 0.6) is 0 Å². The van der Waals surface area contributed by atoms with Gasteiger partial charge in [0.25, 0.3) is 0 Å². The van der Waals surface area contributed by atoms with Crippen LogP contribution in [0.25, 0.3) is 133 Å². The molecule has 15 rings (SSSR count). The second-order valence-corrected chi connectivity index (χ2v) is 19.3. The lowest BCUT2D eigenvalue weighted by atomic mass is 9.98. The number of fused-ring (bicyclic) bond motifs is 8. The standard InChI is InChI=1S/C67H39N7O4/c75-62-41-19-1-9-28-51(41)71(52-29-10-2-20-42(52)62)60-59(40-36-37-50(69-39-40)49-27-17-18-38-68-49)61(72-53-30-11-3-21-43(53)63(76)44-22-4-12-31-54(44)72)67(74-57-34-15-7-25-47(57)65(78)48-26-8-16-35-58(48)74)70-66(60)73-55-32-13-5-23-45(55)64(77)46-24-6-14-33-56(46)73/h1-39H. The largest absolute Gasteiger partial charge is 0.305 e. The zero-order valence-electron chi connectivity index (χ0n) is 41.3. The van der Waals surface area contributed by atoms with E-state index in [1.807, 2.05) is 240 Å². The number of nitrogens with zero attached hydrogens (tertiary/aromatic N) is 7. The highest BCUT2D eigenvalue weighted by Crippen LogP contribution is 2.46. The summed E-state index contributed by atoms with van der Waals surface area (Å²) in [6.07, 6.45) is 3.57. The van der Waals surface area contributed by atoms with Gasteiger partial charge in [0.2, 0.25) is 0 Å². The summed E-state index contributed by atoms with van der Waals surface area (Å²) in [4.78, 5) is 75.5. The summed E-state index contributed by atoms with van der Waals surface area (Å²) >= 11 is 0. The van der Waals surface area contributed by atoms with Crippen LogP contribution in [0.1, 0.15) is 0 Å². The van der Waals surface area contributed by atoms with E-state index in [-0.39, 0.29) is 21.7 Å². The molecule has 0 aliphatic heterocycles. The van der Waals surface area contributed by atoms with Crippen LogP contribution in [0.2, 0.25) is 0 Å². The lowest BCUT2D eigenvalue weighted by Gasteiger charge is -2.30. The zero-order valence-corrected chi connectivity index (χ0v) is 41.3. The maximum absolute atomic E-state index is 14.9. The minimum Gasteiger partial charge on any atom is -0.305 e. The number of pyridine rings is 7. The van der Waals surface area contributed by atoms with E-state index in [9.17, 15) is 19.2 Å². The van der Waals surface area contributed by atoms with Crippen molar-refractivity contribution in [2.45, 2.75) is 0 Å². The van der Waals surface area contributed by atoms with Crippen molar-refractivity contribution in [3.63, 3.8) is 0 Å². The summed E-state index contributed by atoms with van der Waals surface area (Å²) in [5, 5.41) is 3.71. The lowest BCUT2D eigenvalue weighted by molar-refractivity contribution is 0.952. The first-order valence-corrected chi connectivity index (χ1v) is 25.5. The Labute approximate surface area is 441 Å². The van der Waals surface area contributed by atoms with Crippen molar-refractivity contribution < 1.29 is 0 Å². The number of rotatable bonds is 6. The Kier molecular flexibility index (Phi) is 9.90. The highest BCUT2D eigenvalue weighted by atomic mass is 16.1. The van der Waals surface area contributed by atoms with Crippen LogP contribution in [0.3, 0.4) is 0 Å². The van der Waals surface area contributed by atoms with Crippen molar-refractivity contribution >= 4 is 87.2 Å². The average Bonchev–Trinajstić information content (AvgIpc) is 3.06. The van der Waals surface area contributed by atoms with Crippen molar-refractivity contribution in [2.75, 3.05) is 0 Å². The summed E-state index contributed by atoms with van der Waals surface area (Å²) in [5.74, 6) is 0.760. The summed E-state index contributed by atoms with van der Waals surface area (Å²) in [7, 11) is 0. The van der Waals surface area contributed by atoms with E-state index in [1.165, 1.54) is 0 Å². The smallest absolute Gasteiger partial charge is 0.197 e. The third-order valence-corrected chi connectivity index (χ3v) is 15.1. The molecule has 7 heterocycles. The van der Waals surface area contributed by atoms with Crippen molar-refractivity contribution in [1.29, 1.82) is 0 Å². The Morgan fingerprint density at radius 2 is 0.551 bits per heavy atom. The lowest BCUT2D eigenvalue weighted by Crippen LogP contribution is -2.22. The molecule has 0 saturated carbocycles. The van der Waals surface area contributed by atoms with Crippen LogP contribution in [0.4, 0.5) is 0 Å². The van der Waals surface area contributed by atoms with E-state index in [2.05, 4.69) is 14.1 Å². The molecule has 0 atom stereocenters. The van der Waals surface area contributed by atoms with Gasteiger partial charge >= 0.3 is 0 Å². The van der Waals surface area contributed by atoms with Gasteiger partial charge in [0, 0.05) is 66.6 Å². The molecule has 366 valence electrons. The van der Waals surface area contributed by atoms with E-state index < -0.39 is 0 Å². The fourth-order valence-electron chi connectivity index (χ4n) is 11.7. The zero-order chi connectivity index (χ0) is 52.2. The molecule has 0 amide bonds. The van der Waals surface area contributed by atoms with Crippen LogP contribution in [0.15, 0.2) is 256 Å². The normalized spacial score (nSPS) is 11.8. The third-order valence-electron chi connectivity index (χ3n) is 15.1. The van der Waals surface area contributed by atoms with E-state index in [0.29, 0.717) is 133 Å². The predicted molar refractivity (Wildman–Crippen MR) is 313 cm³/mol. The molecule has 78 heavy (non-hydrogen) atoms. The summed E-state index contributed by atoms with van der Waals surface area (Å²) < 4.78 is 8.31. The third kappa shape index (κ3) is 6.48. The van der Waals surface area contributed by atoms with Crippen LogP contribution in [-0.4, -0.2) is 33.2 Å². The van der Waals surface area contributed by atoms with Gasteiger partial charge in [-0.1, -0.05) is 109 Å². The molecular formula is C67H39N7O4. The number of para-hydroxylation sites is 8.